The Morgan fingerprint density at radius 2 is 1.89 bits per heavy atom. The molecule has 0 bridgehead atoms. The number of aromatic nitrogens is 2. The van der Waals surface area contributed by atoms with Crippen molar-refractivity contribution in [3.05, 3.63) is 48.0 Å². The van der Waals surface area contributed by atoms with Crippen LogP contribution in [-0.4, -0.2) is 52.7 Å². The number of fused-ring (bicyclic) bond motifs is 1. The molecule has 1 unspecified atom stereocenters. The molecule has 0 saturated carbocycles. The fourth-order valence-corrected chi connectivity index (χ4v) is 4.06. The first-order valence-corrected chi connectivity index (χ1v) is 9.13. The molecular formula is C19H20F4N4O. The molecule has 2 fully saturated rings. The Labute approximate surface area is 159 Å². The summed E-state index contributed by atoms with van der Waals surface area (Å²) in [6, 6.07) is 5.23. The first-order valence-electron chi connectivity index (χ1n) is 9.13. The van der Waals surface area contributed by atoms with Crippen LogP contribution in [0.4, 0.5) is 23.5 Å². The fourth-order valence-electron chi connectivity index (χ4n) is 4.06. The van der Waals surface area contributed by atoms with Crippen molar-refractivity contribution in [1.29, 1.82) is 0 Å². The van der Waals surface area contributed by atoms with Gasteiger partial charge in [-0.25, -0.2) is 14.4 Å². The summed E-state index contributed by atoms with van der Waals surface area (Å²) in [5.74, 6) is 0.229. The highest BCUT2D eigenvalue weighted by Gasteiger charge is 2.42. The van der Waals surface area contributed by atoms with Gasteiger partial charge in [-0.2, -0.15) is 13.2 Å². The Bertz CT molecular complexity index is 829. The van der Waals surface area contributed by atoms with E-state index in [2.05, 4.69) is 21.8 Å². The molecule has 1 aromatic heterocycles. The van der Waals surface area contributed by atoms with Gasteiger partial charge in [0.05, 0.1) is 18.0 Å². The number of benzene rings is 1. The maximum Gasteiger partial charge on any atom is 0.416 e. The van der Waals surface area contributed by atoms with Crippen molar-refractivity contribution >= 4 is 5.95 Å². The van der Waals surface area contributed by atoms with E-state index >= 15 is 0 Å². The second-order valence-corrected chi connectivity index (χ2v) is 7.20. The van der Waals surface area contributed by atoms with Gasteiger partial charge in [0.25, 0.3) is 0 Å². The lowest BCUT2D eigenvalue weighted by Crippen LogP contribution is -2.56. The van der Waals surface area contributed by atoms with Crippen LogP contribution in [0.2, 0.25) is 0 Å². The number of alkyl halides is 3. The molecule has 2 aliphatic heterocycles. The predicted molar refractivity (Wildman–Crippen MR) is 94.6 cm³/mol. The number of halogens is 4. The van der Waals surface area contributed by atoms with Crippen molar-refractivity contribution < 1.29 is 22.3 Å². The third-order valence-electron chi connectivity index (χ3n) is 5.42. The summed E-state index contributed by atoms with van der Waals surface area (Å²) >= 11 is 0. The average Bonchev–Trinajstić information content (AvgIpc) is 3.06. The van der Waals surface area contributed by atoms with E-state index in [0.717, 1.165) is 31.1 Å². The molecule has 5 nitrogen and oxygen atoms in total. The Morgan fingerprint density at radius 1 is 1.14 bits per heavy atom. The lowest BCUT2D eigenvalue weighted by molar-refractivity contribution is -0.137. The smallest absolute Gasteiger partial charge is 0.416 e. The van der Waals surface area contributed by atoms with Gasteiger partial charge < -0.3 is 9.64 Å². The van der Waals surface area contributed by atoms with Crippen LogP contribution < -0.4 is 9.64 Å². The molecular weight excluding hydrogens is 376 g/mol. The predicted octanol–water partition coefficient (Wildman–Crippen LogP) is 3.36. The topological polar surface area (TPSA) is 41.5 Å². The van der Waals surface area contributed by atoms with Crippen LogP contribution in [0, 0.1) is 5.82 Å². The Balaban J connectivity index is 1.44. The maximum atomic E-state index is 13.1. The van der Waals surface area contributed by atoms with Gasteiger partial charge in [-0.1, -0.05) is 6.07 Å². The zero-order valence-electron chi connectivity index (χ0n) is 15.2. The minimum Gasteiger partial charge on any atom is -0.489 e. The van der Waals surface area contributed by atoms with Gasteiger partial charge >= 0.3 is 6.18 Å². The van der Waals surface area contributed by atoms with Gasteiger partial charge in [-0.05, 0) is 25.1 Å². The van der Waals surface area contributed by atoms with Gasteiger partial charge in [0.1, 0.15) is 11.9 Å². The van der Waals surface area contributed by atoms with E-state index in [1.165, 1.54) is 6.07 Å². The van der Waals surface area contributed by atoms with Gasteiger partial charge in [-0.3, -0.25) is 4.90 Å². The lowest BCUT2D eigenvalue weighted by Gasteiger charge is -2.42. The van der Waals surface area contributed by atoms with Crippen molar-refractivity contribution in [2.24, 2.45) is 0 Å². The first-order chi connectivity index (χ1) is 13.3. The molecule has 0 aliphatic carbocycles. The van der Waals surface area contributed by atoms with Crippen LogP contribution in [0.3, 0.4) is 0 Å². The number of anilines is 1. The van der Waals surface area contributed by atoms with Crippen LogP contribution in [-0.2, 0) is 6.18 Å². The molecule has 3 heterocycles. The second-order valence-electron chi connectivity index (χ2n) is 7.20. The normalized spacial score (nSPS) is 25.6. The summed E-state index contributed by atoms with van der Waals surface area (Å²) in [6.45, 7) is 4.16. The second kappa shape index (κ2) is 7.20. The summed E-state index contributed by atoms with van der Waals surface area (Å²) in [4.78, 5) is 12.5. The minimum absolute atomic E-state index is 0.0781. The highest BCUT2D eigenvalue weighted by Crippen LogP contribution is 2.34. The fraction of sp³-hybridized carbons (Fsp3) is 0.474. The molecule has 3 atom stereocenters. The summed E-state index contributed by atoms with van der Waals surface area (Å²) in [5.41, 5.74) is -0.714. The van der Waals surface area contributed by atoms with Gasteiger partial charge in [-0.15, -0.1) is 0 Å². The molecule has 28 heavy (non-hydrogen) atoms. The van der Waals surface area contributed by atoms with E-state index in [4.69, 9.17) is 4.74 Å². The van der Waals surface area contributed by atoms with Crippen molar-refractivity contribution in [2.75, 3.05) is 24.5 Å². The molecule has 0 amide bonds. The quantitative estimate of drug-likeness (QED) is 0.745. The Morgan fingerprint density at radius 3 is 2.61 bits per heavy atom. The van der Waals surface area contributed by atoms with Crippen molar-refractivity contribution in [2.45, 2.75) is 37.7 Å². The third-order valence-corrected chi connectivity index (χ3v) is 5.42. The highest BCUT2D eigenvalue weighted by molar-refractivity contribution is 5.34. The highest BCUT2D eigenvalue weighted by atomic mass is 19.4. The van der Waals surface area contributed by atoms with Gasteiger partial charge in [0, 0.05) is 38.1 Å². The van der Waals surface area contributed by atoms with Crippen LogP contribution in [0.5, 0.6) is 5.75 Å². The van der Waals surface area contributed by atoms with E-state index < -0.39 is 17.6 Å². The van der Waals surface area contributed by atoms with Crippen molar-refractivity contribution in [1.82, 2.24) is 14.9 Å². The number of piperazine rings is 1. The molecule has 4 rings (SSSR count). The Kier molecular flexibility index (Phi) is 4.86. The molecule has 2 aliphatic rings. The SMILES string of the molecule is CC1[C@@H]2C[C@H](Oc3cccc(C(F)(F)F)c3)CN2CCN1c1ncc(F)cn1. The number of hydrogen-bond acceptors (Lipinski definition) is 5. The van der Waals surface area contributed by atoms with E-state index in [9.17, 15) is 17.6 Å². The minimum atomic E-state index is -4.39. The molecule has 150 valence electrons. The van der Waals surface area contributed by atoms with Crippen LogP contribution in [0.25, 0.3) is 0 Å². The number of ether oxygens (including phenoxy) is 1. The molecule has 9 heteroatoms. The maximum absolute atomic E-state index is 13.1. The summed E-state index contributed by atoms with van der Waals surface area (Å²) < 4.78 is 57.7. The molecule has 2 aromatic rings. The Hall–Kier alpha value is -2.42. The van der Waals surface area contributed by atoms with E-state index in [-0.39, 0.29) is 23.9 Å². The summed E-state index contributed by atoms with van der Waals surface area (Å²) in [6.07, 6.45) is -1.60. The van der Waals surface area contributed by atoms with Crippen LogP contribution in [0.1, 0.15) is 18.9 Å². The first kappa shape index (κ1) is 18.9. The van der Waals surface area contributed by atoms with Gasteiger partial charge in [0.15, 0.2) is 5.82 Å². The summed E-state index contributed by atoms with van der Waals surface area (Å²) in [7, 11) is 0. The number of rotatable bonds is 3. The zero-order valence-corrected chi connectivity index (χ0v) is 15.2. The van der Waals surface area contributed by atoms with Gasteiger partial charge in [0.2, 0.25) is 5.95 Å². The monoisotopic (exact) mass is 396 g/mol. The lowest BCUT2D eigenvalue weighted by atomic mass is 10.0. The standard InChI is InChI=1S/C19H20F4N4O/c1-12-17-8-16(28-15-4-2-3-13(7-15)19(21,22)23)11-26(17)5-6-27(12)18-24-9-14(20)10-25-18/h2-4,7,9-10,12,16-17H,5-6,8,11H2,1H3/t12?,16-,17-/m0/s1. The summed E-state index contributed by atoms with van der Waals surface area (Å²) in [5, 5.41) is 0. The molecule has 1 aromatic carbocycles. The molecule has 2 saturated heterocycles. The van der Waals surface area contributed by atoms with Crippen molar-refractivity contribution in [3.63, 3.8) is 0 Å². The molecule has 0 radical (unpaired) electrons. The number of hydrogen-bond donors (Lipinski definition) is 0. The van der Waals surface area contributed by atoms with E-state index in [0.29, 0.717) is 25.5 Å². The van der Waals surface area contributed by atoms with Crippen LogP contribution in [0.15, 0.2) is 36.7 Å². The molecule has 0 N–H and O–H groups in total. The molecule has 0 spiro atoms. The third kappa shape index (κ3) is 3.76. The zero-order chi connectivity index (χ0) is 19.9. The van der Waals surface area contributed by atoms with Crippen molar-refractivity contribution in [3.8, 4) is 5.75 Å². The average molecular weight is 396 g/mol. The van der Waals surface area contributed by atoms with E-state index in [1.807, 2.05) is 4.90 Å². The number of nitrogens with zero attached hydrogens (tertiary/aromatic N) is 4. The van der Waals surface area contributed by atoms with E-state index in [1.54, 1.807) is 6.07 Å². The largest absolute Gasteiger partial charge is 0.489 e. The van der Waals surface area contributed by atoms with Crippen LogP contribution >= 0.6 is 0 Å².